The van der Waals surface area contributed by atoms with Crippen LogP contribution in [0.15, 0.2) is 24.3 Å². The maximum absolute atomic E-state index is 10.8. The van der Waals surface area contributed by atoms with E-state index in [4.69, 9.17) is 12.2 Å². The maximum atomic E-state index is 10.8. The first-order valence-corrected chi connectivity index (χ1v) is 5.76. The normalized spacial score (nSPS) is 9.89. The summed E-state index contributed by atoms with van der Waals surface area (Å²) in [7, 11) is 0. The van der Waals surface area contributed by atoms with E-state index in [2.05, 4.69) is 38.3 Å². The first-order valence-electron chi connectivity index (χ1n) is 4.99. The van der Waals surface area contributed by atoms with Crippen LogP contribution in [-0.2, 0) is 20.7 Å². The Morgan fingerprint density at radius 1 is 1.39 bits per heavy atom. The van der Waals surface area contributed by atoms with Gasteiger partial charge in [-0.15, -0.1) is 9.32 Å². The molecule has 3 N–H and O–H groups in total. The molecule has 0 aliphatic heterocycles. The number of thiocarbonyl (C=S) groups is 1. The second-order valence-electron chi connectivity index (χ2n) is 3.31. The van der Waals surface area contributed by atoms with Crippen molar-refractivity contribution in [3.8, 4) is 0 Å². The average Bonchev–Trinajstić information content (AvgIpc) is 2.30. The van der Waals surface area contributed by atoms with Crippen molar-refractivity contribution < 1.29 is 14.1 Å². The molecule has 98 valence electrons. The molecule has 0 spiro atoms. The van der Waals surface area contributed by atoms with Crippen LogP contribution in [0.3, 0.4) is 0 Å². The van der Waals surface area contributed by atoms with Crippen molar-refractivity contribution in [2.75, 3.05) is 5.32 Å². The van der Waals surface area contributed by atoms with Gasteiger partial charge in [-0.05, 0) is 29.9 Å². The van der Waals surface area contributed by atoms with Crippen LogP contribution in [0, 0.1) is 0 Å². The highest BCUT2D eigenvalue weighted by atomic mass is 32.1. The van der Waals surface area contributed by atoms with Crippen molar-refractivity contribution in [2.24, 2.45) is 0 Å². The second kappa shape index (κ2) is 8.01. The van der Waals surface area contributed by atoms with Crippen LogP contribution in [0.4, 0.5) is 5.69 Å². The number of hydroxylamine groups is 1. The molecule has 0 aliphatic carbocycles. The lowest BCUT2D eigenvalue weighted by Crippen LogP contribution is -2.32. The molecular formula is C10H13N3O3S2. The molecule has 0 bridgehead atoms. The molecule has 0 unspecified atom stereocenters. The molecule has 1 aromatic rings. The number of nitrogens with one attached hydrogen (secondary N) is 3. The molecule has 8 heteroatoms. The summed E-state index contributed by atoms with van der Waals surface area (Å²) in [6.45, 7) is 1.86. The van der Waals surface area contributed by atoms with E-state index in [-0.39, 0.29) is 11.0 Å². The van der Waals surface area contributed by atoms with Crippen LogP contribution >= 0.6 is 25.1 Å². The molecule has 0 saturated heterocycles. The maximum Gasteiger partial charge on any atom is 0.222 e. The smallest absolute Gasteiger partial charge is 0.222 e. The quantitative estimate of drug-likeness (QED) is 0.163. The number of thiol groups is 1. The van der Waals surface area contributed by atoms with Gasteiger partial charge in [0.2, 0.25) is 5.91 Å². The van der Waals surface area contributed by atoms with Gasteiger partial charge < -0.3 is 10.6 Å². The Labute approximate surface area is 116 Å². The van der Waals surface area contributed by atoms with Crippen LogP contribution in [-0.4, -0.2) is 11.0 Å². The highest BCUT2D eigenvalue weighted by Gasteiger charge is 2.00. The highest BCUT2D eigenvalue weighted by Crippen LogP contribution is 2.09. The Balaban J connectivity index is 2.44. The van der Waals surface area contributed by atoms with Crippen molar-refractivity contribution in [1.29, 1.82) is 0 Å². The van der Waals surface area contributed by atoms with E-state index >= 15 is 0 Å². The van der Waals surface area contributed by atoms with Gasteiger partial charge in [-0.25, -0.2) is 0 Å². The predicted molar refractivity (Wildman–Crippen MR) is 74.5 cm³/mol. The summed E-state index contributed by atoms with van der Waals surface area (Å²) in [4.78, 5) is 15.2. The standard InChI is InChI=1S/C10H13N3O3S2/c1-7(14)12-10(17)13-9-4-2-8(3-5-9)6-11-15-16-18/h2-5,11,18H,6H2,1H3,(H2,12,13,14,17). The number of carbonyl (C=O) groups excluding carboxylic acids is 1. The molecule has 1 rings (SSSR count). The second-order valence-corrected chi connectivity index (χ2v) is 3.87. The zero-order valence-corrected chi connectivity index (χ0v) is 11.3. The number of anilines is 1. The molecule has 1 aromatic carbocycles. The fraction of sp³-hybridized carbons (Fsp3) is 0.200. The van der Waals surface area contributed by atoms with Gasteiger partial charge in [-0.3, -0.25) is 4.79 Å². The van der Waals surface area contributed by atoms with Crippen LogP contribution in [0.2, 0.25) is 0 Å². The molecule has 0 aliphatic rings. The highest BCUT2D eigenvalue weighted by molar-refractivity contribution is 7.80. The van der Waals surface area contributed by atoms with E-state index in [0.29, 0.717) is 6.54 Å². The van der Waals surface area contributed by atoms with Gasteiger partial charge in [0.25, 0.3) is 0 Å². The van der Waals surface area contributed by atoms with Gasteiger partial charge >= 0.3 is 0 Å². The fourth-order valence-electron chi connectivity index (χ4n) is 1.17. The average molecular weight is 287 g/mol. The van der Waals surface area contributed by atoms with Crippen molar-refractivity contribution in [2.45, 2.75) is 13.5 Å². The number of hydrogen-bond donors (Lipinski definition) is 4. The summed E-state index contributed by atoms with van der Waals surface area (Å²) in [6, 6.07) is 7.39. The summed E-state index contributed by atoms with van der Waals surface area (Å²) in [5, 5.41) is 5.61. The third-order valence-corrected chi connectivity index (χ3v) is 2.15. The van der Waals surface area contributed by atoms with Gasteiger partial charge in [0.05, 0.1) is 0 Å². The predicted octanol–water partition coefficient (Wildman–Crippen LogP) is 1.32. The molecule has 0 aromatic heterocycles. The lowest BCUT2D eigenvalue weighted by atomic mass is 10.2. The van der Waals surface area contributed by atoms with E-state index in [9.17, 15) is 4.79 Å². The van der Waals surface area contributed by atoms with Crippen molar-refractivity contribution in [1.82, 2.24) is 10.8 Å². The minimum atomic E-state index is -0.211. The van der Waals surface area contributed by atoms with E-state index in [1.807, 2.05) is 24.3 Å². The van der Waals surface area contributed by atoms with Crippen molar-refractivity contribution >= 4 is 41.8 Å². The first kappa shape index (κ1) is 14.9. The molecular weight excluding hydrogens is 274 g/mol. The summed E-state index contributed by atoms with van der Waals surface area (Å²) < 4.78 is 4.09. The number of rotatable bonds is 5. The van der Waals surface area contributed by atoms with Gasteiger partial charge in [0, 0.05) is 32.1 Å². The SMILES string of the molecule is CC(=O)NC(=S)Nc1ccc(CNOOS)cc1. The summed E-state index contributed by atoms with van der Waals surface area (Å²) in [5.41, 5.74) is 4.30. The third kappa shape index (κ3) is 5.94. The van der Waals surface area contributed by atoms with Crippen molar-refractivity contribution in [3.63, 3.8) is 0 Å². The summed E-state index contributed by atoms with van der Waals surface area (Å²) in [5.74, 6) is -0.211. The number of benzene rings is 1. The Bertz CT molecular complexity index is 411. The van der Waals surface area contributed by atoms with Gasteiger partial charge in [-0.1, -0.05) is 12.1 Å². The van der Waals surface area contributed by atoms with Crippen LogP contribution in [0.25, 0.3) is 0 Å². The van der Waals surface area contributed by atoms with Crippen LogP contribution in [0.5, 0.6) is 0 Å². The Morgan fingerprint density at radius 3 is 2.61 bits per heavy atom. The lowest BCUT2D eigenvalue weighted by molar-refractivity contribution is -0.244. The largest absolute Gasteiger partial charge is 0.332 e. The molecule has 0 fully saturated rings. The minimum Gasteiger partial charge on any atom is -0.332 e. The number of hydrogen-bond acceptors (Lipinski definition) is 6. The summed E-state index contributed by atoms with van der Waals surface area (Å²) >= 11 is 8.33. The molecule has 18 heavy (non-hydrogen) atoms. The van der Waals surface area contributed by atoms with Gasteiger partial charge in [0.1, 0.15) is 0 Å². The van der Waals surface area contributed by atoms with Crippen LogP contribution in [0.1, 0.15) is 12.5 Å². The number of carbonyl (C=O) groups is 1. The van der Waals surface area contributed by atoms with Crippen molar-refractivity contribution in [3.05, 3.63) is 29.8 Å². The van der Waals surface area contributed by atoms with Crippen LogP contribution < -0.4 is 16.1 Å². The molecule has 6 nitrogen and oxygen atoms in total. The monoisotopic (exact) mass is 287 g/mol. The van der Waals surface area contributed by atoms with Gasteiger partial charge in [-0.2, -0.15) is 5.48 Å². The zero-order valence-electron chi connectivity index (χ0n) is 9.60. The van der Waals surface area contributed by atoms with E-state index in [1.165, 1.54) is 6.92 Å². The Morgan fingerprint density at radius 2 is 2.06 bits per heavy atom. The first-order chi connectivity index (χ1) is 8.61. The fourth-order valence-corrected chi connectivity index (χ4v) is 1.48. The van der Waals surface area contributed by atoms with E-state index in [0.717, 1.165) is 11.3 Å². The molecule has 0 heterocycles. The Hall–Kier alpha value is -1.19. The molecule has 1 amide bonds. The topological polar surface area (TPSA) is 71.6 Å². The van der Waals surface area contributed by atoms with E-state index < -0.39 is 0 Å². The Kier molecular flexibility index (Phi) is 6.61. The molecule has 0 radical (unpaired) electrons. The molecule has 0 saturated carbocycles. The molecule has 0 atom stereocenters. The summed E-state index contributed by atoms with van der Waals surface area (Å²) in [6.07, 6.45) is 0. The zero-order chi connectivity index (χ0) is 13.4. The minimum absolute atomic E-state index is 0.211. The lowest BCUT2D eigenvalue weighted by Gasteiger charge is -2.08. The van der Waals surface area contributed by atoms with Gasteiger partial charge in [0.15, 0.2) is 5.11 Å². The number of amides is 1. The van der Waals surface area contributed by atoms with E-state index in [1.54, 1.807) is 0 Å². The third-order valence-electron chi connectivity index (χ3n) is 1.87.